The van der Waals surface area contributed by atoms with Crippen molar-refractivity contribution >= 4 is 5.97 Å². The molecule has 1 fully saturated rings. The monoisotopic (exact) mass is 246 g/mol. The van der Waals surface area contributed by atoms with E-state index in [2.05, 4.69) is 38.1 Å². The van der Waals surface area contributed by atoms with Gasteiger partial charge >= 0.3 is 5.97 Å². The van der Waals surface area contributed by atoms with E-state index in [1.807, 2.05) is 13.0 Å². The molecular formula is C16H22O2. The molecule has 2 heteroatoms. The van der Waals surface area contributed by atoms with E-state index in [0.29, 0.717) is 24.9 Å². The normalized spacial score (nSPS) is 27.6. The molecule has 2 nitrogen and oxygen atoms in total. The van der Waals surface area contributed by atoms with Gasteiger partial charge in [0.05, 0.1) is 6.61 Å². The van der Waals surface area contributed by atoms with Crippen molar-refractivity contribution in [3.63, 3.8) is 0 Å². The van der Waals surface area contributed by atoms with Crippen LogP contribution in [-0.4, -0.2) is 12.6 Å². The number of ether oxygens (including phenoxy) is 1. The van der Waals surface area contributed by atoms with E-state index < -0.39 is 0 Å². The fraction of sp³-hybridized carbons (Fsp3) is 0.562. The average Bonchev–Trinajstić information content (AvgIpc) is 3.09. The van der Waals surface area contributed by atoms with Crippen LogP contribution in [0.25, 0.3) is 0 Å². The van der Waals surface area contributed by atoms with E-state index in [9.17, 15) is 4.79 Å². The molecule has 1 aromatic carbocycles. The molecule has 0 N–H and O–H groups in total. The molecule has 0 bridgehead atoms. The Bertz CT molecular complexity index is 412. The smallest absolute Gasteiger partial charge is 0.305 e. The van der Waals surface area contributed by atoms with Gasteiger partial charge in [0.15, 0.2) is 0 Å². The Morgan fingerprint density at radius 2 is 2.11 bits per heavy atom. The first-order chi connectivity index (χ1) is 8.57. The van der Waals surface area contributed by atoms with Crippen LogP contribution in [0.1, 0.15) is 45.1 Å². The number of benzene rings is 1. The molecule has 0 unspecified atom stereocenters. The number of rotatable bonds is 5. The minimum Gasteiger partial charge on any atom is -0.465 e. The van der Waals surface area contributed by atoms with Gasteiger partial charge in [-0.25, -0.2) is 0 Å². The number of esters is 1. The third kappa shape index (κ3) is 2.74. The minimum absolute atomic E-state index is 0.0887. The standard InChI is InChI=1S/C16H22O2/c1-4-15(17)18-11-16(3)10-14(16)12(2)13-8-6-5-7-9-13/h5-9,12,14H,4,10-11H2,1-3H3/t12-,14+,16+/m1/s1. The molecular weight excluding hydrogens is 224 g/mol. The van der Waals surface area contributed by atoms with Gasteiger partial charge in [-0.05, 0) is 23.8 Å². The molecule has 0 radical (unpaired) electrons. The Morgan fingerprint density at radius 1 is 1.44 bits per heavy atom. The highest BCUT2D eigenvalue weighted by atomic mass is 16.5. The molecule has 0 heterocycles. The van der Waals surface area contributed by atoms with Gasteiger partial charge in [-0.3, -0.25) is 4.79 Å². The van der Waals surface area contributed by atoms with Crippen LogP contribution in [0.15, 0.2) is 30.3 Å². The largest absolute Gasteiger partial charge is 0.465 e. The van der Waals surface area contributed by atoms with E-state index in [1.54, 1.807) is 0 Å². The summed E-state index contributed by atoms with van der Waals surface area (Å²) in [5.41, 5.74) is 1.56. The maximum atomic E-state index is 11.2. The van der Waals surface area contributed by atoms with Crippen LogP contribution in [0, 0.1) is 11.3 Å². The topological polar surface area (TPSA) is 26.3 Å². The highest BCUT2D eigenvalue weighted by Gasteiger charge is 2.53. The molecule has 1 aliphatic rings. The molecule has 3 atom stereocenters. The predicted octanol–water partition coefficient (Wildman–Crippen LogP) is 3.77. The van der Waals surface area contributed by atoms with E-state index in [-0.39, 0.29) is 11.4 Å². The summed E-state index contributed by atoms with van der Waals surface area (Å²) in [6, 6.07) is 10.6. The van der Waals surface area contributed by atoms with Gasteiger partial charge in [-0.15, -0.1) is 0 Å². The molecule has 0 aromatic heterocycles. The summed E-state index contributed by atoms with van der Waals surface area (Å²) in [5.74, 6) is 1.08. The van der Waals surface area contributed by atoms with Gasteiger partial charge in [0.25, 0.3) is 0 Å². The van der Waals surface area contributed by atoms with Gasteiger partial charge in [-0.2, -0.15) is 0 Å². The summed E-state index contributed by atoms with van der Waals surface area (Å²) >= 11 is 0. The fourth-order valence-corrected chi connectivity index (χ4v) is 2.73. The number of carbonyl (C=O) groups is 1. The van der Waals surface area contributed by atoms with Crippen LogP contribution in [0.5, 0.6) is 0 Å². The molecule has 0 aliphatic heterocycles. The Morgan fingerprint density at radius 3 is 2.72 bits per heavy atom. The zero-order chi connectivity index (χ0) is 13.2. The SMILES string of the molecule is CCC(=O)OC[C@]1(C)C[C@H]1[C@H](C)c1ccccc1. The summed E-state index contributed by atoms with van der Waals surface area (Å²) in [7, 11) is 0. The van der Waals surface area contributed by atoms with Crippen LogP contribution in [0.3, 0.4) is 0 Å². The van der Waals surface area contributed by atoms with E-state index >= 15 is 0 Å². The Labute approximate surface area is 109 Å². The Hall–Kier alpha value is -1.31. The summed E-state index contributed by atoms with van der Waals surface area (Å²) < 4.78 is 5.30. The van der Waals surface area contributed by atoms with E-state index in [1.165, 1.54) is 5.56 Å². The fourth-order valence-electron chi connectivity index (χ4n) is 2.73. The Kier molecular flexibility index (Phi) is 3.74. The lowest BCUT2D eigenvalue weighted by Crippen LogP contribution is -2.15. The summed E-state index contributed by atoms with van der Waals surface area (Å²) in [5, 5.41) is 0. The van der Waals surface area contributed by atoms with E-state index in [0.717, 1.165) is 6.42 Å². The van der Waals surface area contributed by atoms with Crippen molar-refractivity contribution < 1.29 is 9.53 Å². The molecule has 0 amide bonds. The molecule has 2 rings (SSSR count). The van der Waals surface area contributed by atoms with Crippen molar-refractivity contribution in [2.75, 3.05) is 6.61 Å². The summed E-state index contributed by atoms with van der Waals surface area (Å²) in [6.45, 7) is 6.90. The van der Waals surface area contributed by atoms with Crippen molar-refractivity contribution in [1.29, 1.82) is 0 Å². The zero-order valence-electron chi connectivity index (χ0n) is 11.5. The highest BCUT2D eigenvalue weighted by molar-refractivity contribution is 5.68. The number of carbonyl (C=O) groups excluding carboxylic acids is 1. The zero-order valence-corrected chi connectivity index (χ0v) is 11.5. The van der Waals surface area contributed by atoms with Crippen LogP contribution in [0.2, 0.25) is 0 Å². The number of hydrogen-bond donors (Lipinski definition) is 0. The van der Waals surface area contributed by atoms with Gasteiger partial charge in [-0.1, -0.05) is 51.1 Å². The van der Waals surface area contributed by atoms with Crippen molar-refractivity contribution in [2.24, 2.45) is 11.3 Å². The van der Waals surface area contributed by atoms with Crippen LogP contribution >= 0.6 is 0 Å². The summed E-state index contributed by atoms with van der Waals surface area (Å²) in [4.78, 5) is 11.2. The van der Waals surface area contributed by atoms with Crippen LogP contribution in [0.4, 0.5) is 0 Å². The van der Waals surface area contributed by atoms with Crippen molar-refractivity contribution in [3.8, 4) is 0 Å². The molecule has 98 valence electrons. The second-order valence-electron chi connectivity index (χ2n) is 5.68. The highest BCUT2D eigenvalue weighted by Crippen LogP contribution is 2.58. The van der Waals surface area contributed by atoms with Crippen LogP contribution in [-0.2, 0) is 9.53 Å². The average molecular weight is 246 g/mol. The first-order valence-electron chi connectivity index (χ1n) is 6.77. The molecule has 0 saturated heterocycles. The number of hydrogen-bond acceptors (Lipinski definition) is 2. The molecule has 18 heavy (non-hydrogen) atoms. The molecule has 1 saturated carbocycles. The third-order valence-electron chi connectivity index (χ3n) is 4.20. The van der Waals surface area contributed by atoms with Gasteiger partial charge in [0, 0.05) is 11.8 Å². The minimum atomic E-state index is -0.0887. The second-order valence-corrected chi connectivity index (χ2v) is 5.68. The molecule has 1 aromatic rings. The quantitative estimate of drug-likeness (QED) is 0.739. The van der Waals surface area contributed by atoms with E-state index in [4.69, 9.17) is 4.74 Å². The molecule has 0 spiro atoms. The first-order valence-corrected chi connectivity index (χ1v) is 6.77. The van der Waals surface area contributed by atoms with Crippen molar-refractivity contribution in [3.05, 3.63) is 35.9 Å². The molecule has 1 aliphatic carbocycles. The Balaban J connectivity index is 1.91. The lowest BCUT2D eigenvalue weighted by Gasteiger charge is -2.17. The lowest BCUT2D eigenvalue weighted by atomic mass is 9.91. The van der Waals surface area contributed by atoms with Gasteiger partial charge in [0.2, 0.25) is 0 Å². The van der Waals surface area contributed by atoms with Crippen molar-refractivity contribution in [2.45, 2.75) is 39.5 Å². The maximum absolute atomic E-state index is 11.2. The second kappa shape index (κ2) is 5.13. The van der Waals surface area contributed by atoms with Crippen LogP contribution < -0.4 is 0 Å². The van der Waals surface area contributed by atoms with Gasteiger partial charge in [0.1, 0.15) is 0 Å². The third-order valence-corrected chi connectivity index (χ3v) is 4.20. The first kappa shape index (κ1) is 13.1. The maximum Gasteiger partial charge on any atom is 0.305 e. The summed E-state index contributed by atoms with van der Waals surface area (Å²) in [6.07, 6.45) is 1.62. The lowest BCUT2D eigenvalue weighted by molar-refractivity contribution is -0.145. The predicted molar refractivity (Wildman–Crippen MR) is 72.3 cm³/mol. The van der Waals surface area contributed by atoms with Gasteiger partial charge < -0.3 is 4.74 Å². The van der Waals surface area contributed by atoms with Crippen molar-refractivity contribution in [1.82, 2.24) is 0 Å².